The van der Waals surface area contributed by atoms with Crippen LogP contribution in [-0.4, -0.2) is 59.8 Å². The zero-order valence-electron chi connectivity index (χ0n) is 17.7. The fraction of sp³-hybridized carbons (Fsp3) is 0.650. The zero-order valence-corrected chi connectivity index (χ0v) is 17.7. The SMILES string of the molecule is COC(=O)c1c(C)cc(N2CCN(C(=O)OC(C)(C)C)C(C)(C)C2)nc1C. The first-order valence-corrected chi connectivity index (χ1v) is 9.18. The van der Waals surface area contributed by atoms with Crippen LogP contribution in [0.5, 0.6) is 0 Å². The monoisotopic (exact) mass is 377 g/mol. The molecule has 0 radical (unpaired) electrons. The minimum Gasteiger partial charge on any atom is -0.465 e. The van der Waals surface area contributed by atoms with Crippen molar-refractivity contribution < 1.29 is 19.1 Å². The summed E-state index contributed by atoms with van der Waals surface area (Å²) in [5.74, 6) is 0.425. The van der Waals surface area contributed by atoms with Crippen molar-refractivity contribution in [2.75, 3.05) is 31.6 Å². The van der Waals surface area contributed by atoms with Crippen LogP contribution in [0, 0.1) is 13.8 Å². The molecule has 0 bridgehead atoms. The number of anilines is 1. The quantitative estimate of drug-likeness (QED) is 0.736. The van der Waals surface area contributed by atoms with Gasteiger partial charge in [0.25, 0.3) is 0 Å². The molecule has 150 valence electrons. The molecule has 1 saturated heterocycles. The van der Waals surface area contributed by atoms with Crippen LogP contribution in [0.15, 0.2) is 6.07 Å². The minimum atomic E-state index is -0.524. The van der Waals surface area contributed by atoms with Gasteiger partial charge in [0.15, 0.2) is 0 Å². The smallest absolute Gasteiger partial charge is 0.410 e. The maximum atomic E-state index is 12.6. The van der Waals surface area contributed by atoms with E-state index in [1.54, 1.807) is 4.90 Å². The van der Waals surface area contributed by atoms with Gasteiger partial charge in [0.1, 0.15) is 11.4 Å². The fourth-order valence-electron chi connectivity index (χ4n) is 3.39. The number of aryl methyl sites for hydroxylation is 2. The highest BCUT2D eigenvalue weighted by atomic mass is 16.6. The Morgan fingerprint density at radius 3 is 2.30 bits per heavy atom. The Bertz CT molecular complexity index is 714. The zero-order chi connectivity index (χ0) is 20.6. The topological polar surface area (TPSA) is 72.0 Å². The van der Waals surface area contributed by atoms with Gasteiger partial charge >= 0.3 is 12.1 Å². The van der Waals surface area contributed by atoms with Crippen molar-refractivity contribution in [3.8, 4) is 0 Å². The van der Waals surface area contributed by atoms with Crippen LogP contribution in [0.3, 0.4) is 0 Å². The third kappa shape index (κ3) is 4.70. The van der Waals surface area contributed by atoms with E-state index in [0.717, 1.165) is 11.4 Å². The number of carbonyl (C=O) groups is 2. The molecular formula is C20H31N3O4. The van der Waals surface area contributed by atoms with Gasteiger partial charge in [-0.3, -0.25) is 4.90 Å². The van der Waals surface area contributed by atoms with Gasteiger partial charge in [0.05, 0.1) is 23.9 Å². The average molecular weight is 377 g/mol. The number of ether oxygens (including phenoxy) is 2. The van der Waals surface area contributed by atoms with E-state index in [1.807, 2.05) is 54.5 Å². The van der Waals surface area contributed by atoms with Crippen molar-refractivity contribution in [1.29, 1.82) is 0 Å². The number of carbonyl (C=O) groups excluding carboxylic acids is 2. The predicted molar refractivity (Wildman–Crippen MR) is 104 cm³/mol. The van der Waals surface area contributed by atoms with Gasteiger partial charge in [-0.2, -0.15) is 0 Å². The Morgan fingerprint density at radius 2 is 1.81 bits per heavy atom. The highest BCUT2D eigenvalue weighted by Crippen LogP contribution is 2.28. The lowest BCUT2D eigenvalue weighted by Gasteiger charge is -2.47. The molecule has 1 aliphatic heterocycles. The first-order valence-electron chi connectivity index (χ1n) is 9.18. The van der Waals surface area contributed by atoms with Crippen LogP contribution in [0.1, 0.15) is 56.2 Å². The average Bonchev–Trinajstić information content (AvgIpc) is 2.50. The predicted octanol–water partition coefficient (Wildman–Crippen LogP) is 3.32. The van der Waals surface area contributed by atoms with E-state index in [0.29, 0.717) is 30.9 Å². The molecule has 0 saturated carbocycles. The van der Waals surface area contributed by atoms with Crippen LogP contribution < -0.4 is 4.90 Å². The van der Waals surface area contributed by atoms with Crippen molar-refractivity contribution in [2.45, 2.75) is 59.6 Å². The van der Waals surface area contributed by atoms with Crippen molar-refractivity contribution in [3.63, 3.8) is 0 Å². The van der Waals surface area contributed by atoms with E-state index in [1.165, 1.54) is 7.11 Å². The molecule has 2 heterocycles. The molecule has 27 heavy (non-hydrogen) atoms. The number of aromatic nitrogens is 1. The van der Waals surface area contributed by atoms with Crippen LogP contribution in [0.4, 0.5) is 10.6 Å². The van der Waals surface area contributed by atoms with Gasteiger partial charge in [-0.05, 0) is 60.1 Å². The molecule has 7 heteroatoms. The summed E-state index contributed by atoms with van der Waals surface area (Å²) in [4.78, 5) is 33.0. The standard InChI is InChI=1S/C20H31N3O4/c1-13-11-15(21-14(2)16(13)17(24)26-8)22-9-10-23(20(6,7)12-22)18(25)27-19(3,4)5/h11H,9-10,12H2,1-8H3. The minimum absolute atomic E-state index is 0.298. The summed E-state index contributed by atoms with van der Waals surface area (Å²) in [5.41, 5.74) is 1.04. The largest absolute Gasteiger partial charge is 0.465 e. The van der Waals surface area contributed by atoms with Crippen molar-refractivity contribution in [1.82, 2.24) is 9.88 Å². The Kier molecular flexibility index (Phi) is 5.73. The maximum absolute atomic E-state index is 12.6. The van der Waals surface area contributed by atoms with E-state index < -0.39 is 11.1 Å². The molecule has 0 unspecified atom stereocenters. The molecule has 1 fully saturated rings. The molecule has 0 aromatic carbocycles. The van der Waals surface area contributed by atoms with Crippen molar-refractivity contribution in [2.24, 2.45) is 0 Å². The first kappa shape index (κ1) is 21.0. The highest BCUT2D eigenvalue weighted by Gasteiger charge is 2.39. The van der Waals surface area contributed by atoms with Gasteiger partial charge in [0, 0.05) is 19.6 Å². The number of hydrogen-bond acceptors (Lipinski definition) is 6. The van der Waals surface area contributed by atoms with E-state index >= 15 is 0 Å². The van der Waals surface area contributed by atoms with Crippen LogP contribution in [0.25, 0.3) is 0 Å². The Hall–Kier alpha value is -2.31. The van der Waals surface area contributed by atoms with E-state index in [4.69, 9.17) is 9.47 Å². The summed E-state index contributed by atoms with van der Waals surface area (Å²) in [5, 5.41) is 0. The molecule has 7 nitrogen and oxygen atoms in total. The molecule has 1 amide bonds. The van der Waals surface area contributed by atoms with Crippen LogP contribution in [0.2, 0.25) is 0 Å². The summed E-state index contributed by atoms with van der Waals surface area (Å²) in [7, 11) is 1.37. The maximum Gasteiger partial charge on any atom is 0.410 e. The summed E-state index contributed by atoms with van der Waals surface area (Å²) < 4.78 is 10.4. The van der Waals surface area contributed by atoms with E-state index in [9.17, 15) is 9.59 Å². The van der Waals surface area contributed by atoms with Gasteiger partial charge in [-0.15, -0.1) is 0 Å². The van der Waals surface area contributed by atoms with Crippen LogP contribution >= 0.6 is 0 Å². The third-order valence-electron chi connectivity index (χ3n) is 4.61. The Labute approximate surface area is 161 Å². The number of hydrogen-bond donors (Lipinski definition) is 0. The van der Waals surface area contributed by atoms with Gasteiger partial charge in [0.2, 0.25) is 0 Å². The van der Waals surface area contributed by atoms with Gasteiger partial charge < -0.3 is 14.4 Å². The van der Waals surface area contributed by atoms with E-state index in [2.05, 4.69) is 9.88 Å². The van der Waals surface area contributed by atoms with Crippen molar-refractivity contribution >= 4 is 17.9 Å². The lowest BCUT2D eigenvalue weighted by atomic mass is 9.99. The lowest BCUT2D eigenvalue weighted by Crippen LogP contribution is -2.62. The fourth-order valence-corrected chi connectivity index (χ4v) is 3.39. The Balaban J connectivity index is 2.22. The molecule has 1 aliphatic rings. The summed E-state index contributed by atoms with van der Waals surface area (Å²) >= 11 is 0. The Morgan fingerprint density at radius 1 is 1.19 bits per heavy atom. The second-order valence-corrected chi connectivity index (χ2v) is 8.62. The molecule has 2 rings (SSSR count). The number of pyridine rings is 1. The third-order valence-corrected chi connectivity index (χ3v) is 4.61. The second-order valence-electron chi connectivity index (χ2n) is 8.62. The number of rotatable bonds is 2. The lowest BCUT2D eigenvalue weighted by molar-refractivity contribution is 0.000280. The molecule has 0 N–H and O–H groups in total. The number of piperazine rings is 1. The highest BCUT2D eigenvalue weighted by molar-refractivity contribution is 5.92. The van der Waals surface area contributed by atoms with Gasteiger partial charge in [-0.25, -0.2) is 14.6 Å². The molecular weight excluding hydrogens is 346 g/mol. The number of methoxy groups -OCH3 is 1. The molecule has 0 spiro atoms. The summed E-state index contributed by atoms with van der Waals surface area (Å²) in [6.45, 7) is 15.1. The molecule has 0 atom stereocenters. The molecule has 1 aromatic heterocycles. The number of nitrogens with zero attached hydrogens (tertiary/aromatic N) is 3. The molecule has 1 aromatic rings. The van der Waals surface area contributed by atoms with E-state index in [-0.39, 0.29) is 12.1 Å². The summed E-state index contributed by atoms with van der Waals surface area (Å²) in [6, 6.07) is 1.90. The van der Waals surface area contributed by atoms with Crippen LogP contribution in [-0.2, 0) is 9.47 Å². The number of esters is 1. The van der Waals surface area contributed by atoms with Crippen molar-refractivity contribution in [3.05, 3.63) is 22.9 Å². The first-order chi connectivity index (χ1) is 12.4. The summed E-state index contributed by atoms with van der Waals surface area (Å²) in [6.07, 6.45) is -0.298. The number of amides is 1. The second kappa shape index (κ2) is 7.37. The molecule has 0 aliphatic carbocycles. The normalized spacial score (nSPS) is 16.9. The van der Waals surface area contributed by atoms with Gasteiger partial charge in [-0.1, -0.05) is 0 Å².